The number of carbonyl (C=O) groups is 1. The number of aliphatic hydroxyl groups is 1. The number of hydrogen-bond donors (Lipinski definition) is 2. The van der Waals surface area contributed by atoms with Crippen LogP contribution in [0.3, 0.4) is 0 Å². The van der Waals surface area contributed by atoms with Crippen LogP contribution in [0.2, 0.25) is 0 Å². The quantitative estimate of drug-likeness (QED) is 0.651. The Bertz CT molecular complexity index is 130. The summed E-state index contributed by atoms with van der Waals surface area (Å²) in [7, 11) is 0. The average Bonchev–Trinajstić information content (AvgIpc) is 1.87. The van der Waals surface area contributed by atoms with Crippen molar-refractivity contribution in [3.05, 3.63) is 0 Å². The molecule has 0 saturated carbocycles. The highest BCUT2D eigenvalue weighted by molar-refractivity contribution is 5.73. The van der Waals surface area contributed by atoms with E-state index in [-0.39, 0.29) is 0 Å². The predicted octanol–water partition coefficient (Wildman–Crippen LogP) is 1.27. The fourth-order valence-corrected chi connectivity index (χ4v) is 0. The van der Waals surface area contributed by atoms with Gasteiger partial charge in [-0.05, 0) is 5.92 Å². The minimum atomic E-state index is -5.08. The first-order chi connectivity index (χ1) is 5.21. The van der Waals surface area contributed by atoms with Crippen molar-refractivity contribution in [2.45, 2.75) is 20.0 Å². The van der Waals surface area contributed by atoms with E-state index in [9.17, 15) is 13.2 Å². The summed E-state index contributed by atoms with van der Waals surface area (Å²) in [6, 6.07) is 0. The van der Waals surface area contributed by atoms with Crippen molar-refractivity contribution in [2.75, 3.05) is 6.61 Å². The molecular weight excluding hydrogens is 177 g/mol. The zero-order valence-corrected chi connectivity index (χ0v) is 6.72. The molecule has 0 aliphatic rings. The lowest BCUT2D eigenvalue weighted by Crippen LogP contribution is -2.21. The first kappa shape index (κ1) is 13.8. The molecule has 0 aromatic rings. The number of carboxylic acids is 1. The minimum absolute atomic E-state index is 0.306. The molecule has 2 N–H and O–H groups in total. The molecule has 0 unspecified atom stereocenters. The fraction of sp³-hybridized carbons (Fsp3) is 0.833. The van der Waals surface area contributed by atoms with Crippen LogP contribution >= 0.6 is 0 Å². The third-order valence-corrected chi connectivity index (χ3v) is 0.608. The first-order valence-electron chi connectivity index (χ1n) is 3.12. The van der Waals surface area contributed by atoms with Crippen LogP contribution in [0.25, 0.3) is 0 Å². The van der Waals surface area contributed by atoms with Gasteiger partial charge >= 0.3 is 12.1 Å². The Labute approximate surface area is 67.8 Å². The number of halogens is 3. The van der Waals surface area contributed by atoms with Crippen LogP contribution in [0.4, 0.5) is 13.2 Å². The highest BCUT2D eigenvalue weighted by Crippen LogP contribution is 2.13. The largest absolute Gasteiger partial charge is 0.490 e. The first-order valence-corrected chi connectivity index (χ1v) is 3.12. The maximum Gasteiger partial charge on any atom is 0.490 e. The second kappa shape index (κ2) is 5.82. The number of alkyl halides is 3. The zero-order valence-electron chi connectivity index (χ0n) is 6.72. The van der Waals surface area contributed by atoms with Gasteiger partial charge in [0.05, 0.1) is 0 Å². The van der Waals surface area contributed by atoms with Gasteiger partial charge in [-0.2, -0.15) is 13.2 Å². The lowest BCUT2D eigenvalue weighted by atomic mass is 10.2. The second-order valence-corrected chi connectivity index (χ2v) is 2.38. The van der Waals surface area contributed by atoms with Crippen LogP contribution in [0.15, 0.2) is 0 Å². The van der Waals surface area contributed by atoms with Crippen molar-refractivity contribution >= 4 is 5.97 Å². The van der Waals surface area contributed by atoms with Gasteiger partial charge in [-0.15, -0.1) is 0 Å². The Morgan fingerprint density at radius 1 is 1.42 bits per heavy atom. The van der Waals surface area contributed by atoms with Crippen molar-refractivity contribution in [3.63, 3.8) is 0 Å². The maximum absolute atomic E-state index is 10.6. The van der Waals surface area contributed by atoms with Gasteiger partial charge in [-0.3, -0.25) is 0 Å². The van der Waals surface area contributed by atoms with Crippen molar-refractivity contribution in [3.8, 4) is 0 Å². The molecule has 0 spiro atoms. The number of aliphatic hydroxyl groups excluding tert-OH is 1. The van der Waals surface area contributed by atoms with Crippen molar-refractivity contribution in [2.24, 2.45) is 5.92 Å². The van der Waals surface area contributed by atoms with Crippen molar-refractivity contribution < 1.29 is 28.2 Å². The van der Waals surface area contributed by atoms with Crippen LogP contribution in [0.1, 0.15) is 13.8 Å². The smallest absolute Gasteiger partial charge is 0.475 e. The van der Waals surface area contributed by atoms with Gasteiger partial charge in [0, 0.05) is 6.61 Å². The van der Waals surface area contributed by atoms with E-state index in [0.29, 0.717) is 12.5 Å². The molecule has 0 fully saturated rings. The van der Waals surface area contributed by atoms with Crippen LogP contribution < -0.4 is 0 Å². The number of rotatable bonds is 1. The molecule has 0 aromatic heterocycles. The number of hydrogen-bond acceptors (Lipinski definition) is 2. The lowest BCUT2D eigenvalue weighted by Gasteiger charge is -1.93. The van der Waals surface area contributed by atoms with Crippen LogP contribution in [-0.4, -0.2) is 29.0 Å². The minimum Gasteiger partial charge on any atom is -0.475 e. The van der Waals surface area contributed by atoms with Crippen molar-refractivity contribution in [1.29, 1.82) is 0 Å². The summed E-state index contributed by atoms with van der Waals surface area (Å²) in [5.74, 6) is -2.32. The topological polar surface area (TPSA) is 57.5 Å². The van der Waals surface area contributed by atoms with E-state index in [1.807, 2.05) is 13.8 Å². The third kappa shape index (κ3) is 12.0. The Hall–Kier alpha value is -0.780. The molecule has 0 aliphatic heterocycles. The maximum atomic E-state index is 10.6. The zero-order chi connectivity index (χ0) is 10.4. The molecule has 0 aromatic carbocycles. The summed E-state index contributed by atoms with van der Waals surface area (Å²) in [5.41, 5.74) is 0. The molecule has 3 nitrogen and oxygen atoms in total. The third-order valence-electron chi connectivity index (χ3n) is 0.608. The van der Waals surface area contributed by atoms with Crippen LogP contribution in [-0.2, 0) is 4.79 Å². The van der Waals surface area contributed by atoms with Gasteiger partial charge < -0.3 is 10.2 Å². The number of aliphatic carboxylic acids is 1. The van der Waals surface area contributed by atoms with Crippen LogP contribution in [0.5, 0.6) is 0 Å². The van der Waals surface area contributed by atoms with Gasteiger partial charge in [0.15, 0.2) is 0 Å². The molecule has 0 rings (SSSR count). The summed E-state index contributed by atoms with van der Waals surface area (Å²) >= 11 is 0. The van der Waals surface area contributed by atoms with E-state index >= 15 is 0 Å². The van der Waals surface area contributed by atoms with Gasteiger partial charge in [0.25, 0.3) is 0 Å². The summed E-state index contributed by atoms with van der Waals surface area (Å²) < 4.78 is 31.7. The molecule has 12 heavy (non-hydrogen) atoms. The average molecular weight is 188 g/mol. The standard InChI is InChI=1S/C4H10O.C2HF3O2/c1-4(2)3-5;3-2(4,5)1(6)7/h4-5H,3H2,1-2H3;(H,6,7). The SMILES string of the molecule is CC(C)CO.O=C(O)C(F)(F)F. The molecule has 0 amide bonds. The molecular formula is C6H11F3O3. The second-order valence-electron chi connectivity index (χ2n) is 2.38. The highest BCUT2D eigenvalue weighted by atomic mass is 19.4. The van der Waals surface area contributed by atoms with Crippen molar-refractivity contribution in [1.82, 2.24) is 0 Å². The van der Waals surface area contributed by atoms with Gasteiger partial charge in [0.1, 0.15) is 0 Å². The summed E-state index contributed by atoms with van der Waals surface area (Å²) in [4.78, 5) is 8.90. The lowest BCUT2D eigenvalue weighted by molar-refractivity contribution is -0.192. The van der Waals surface area contributed by atoms with E-state index in [4.69, 9.17) is 15.0 Å². The molecule has 0 aliphatic carbocycles. The predicted molar refractivity (Wildman–Crippen MR) is 35.6 cm³/mol. The van der Waals surface area contributed by atoms with Gasteiger partial charge in [-0.25, -0.2) is 4.79 Å². The highest BCUT2D eigenvalue weighted by Gasteiger charge is 2.38. The van der Waals surface area contributed by atoms with E-state index < -0.39 is 12.1 Å². The Balaban J connectivity index is 0. The van der Waals surface area contributed by atoms with E-state index in [2.05, 4.69) is 0 Å². The molecule has 0 radical (unpaired) electrons. The molecule has 0 bridgehead atoms. The molecule has 74 valence electrons. The summed E-state index contributed by atoms with van der Waals surface area (Å²) in [6.07, 6.45) is -5.08. The van der Waals surface area contributed by atoms with E-state index in [0.717, 1.165) is 0 Å². The number of carboxylic acid groups (broad SMARTS) is 1. The summed E-state index contributed by atoms with van der Waals surface area (Å²) in [5, 5.41) is 15.3. The molecule has 0 heterocycles. The Kier molecular flexibility index (Phi) is 6.68. The van der Waals surface area contributed by atoms with Crippen LogP contribution in [0, 0.1) is 5.92 Å². The normalized spacial score (nSPS) is 10.6. The molecule has 0 atom stereocenters. The Morgan fingerprint density at radius 3 is 1.58 bits per heavy atom. The molecule has 6 heteroatoms. The monoisotopic (exact) mass is 188 g/mol. The van der Waals surface area contributed by atoms with Gasteiger partial charge in [0.2, 0.25) is 0 Å². The van der Waals surface area contributed by atoms with Gasteiger partial charge in [-0.1, -0.05) is 13.8 Å². The molecule has 0 saturated heterocycles. The summed E-state index contributed by atoms with van der Waals surface area (Å²) in [6.45, 7) is 4.25. The van der Waals surface area contributed by atoms with E-state index in [1.165, 1.54) is 0 Å². The Morgan fingerprint density at radius 2 is 1.58 bits per heavy atom. The fourth-order valence-electron chi connectivity index (χ4n) is 0. The van der Waals surface area contributed by atoms with E-state index in [1.54, 1.807) is 0 Å².